The number of aliphatic hydroxyl groups is 7. The van der Waals surface area contributed by atoms with Crippen LogP contribution in [-0.4, -0.2) is 102 Å². The van der Waals surface area contributed by atoms with Gasteiger partial charge < -0.3 is 45.2 Å². The molecule has 0 amide bonds. The van der Waals surface area contributed by atoms with Crippen molar-refractivity contribution in [3.05, 3.63) is 119 Å². The maximum atomic E-state index is 9.55. The zero-order valence-corrected chi connectivity index (χ0v) is 34.6. The molecule has 4 aliphatic rings. The van der Waals surface area contributed by atoms with E-state index in [2.05, 4.69) is 97.1 Å². The fourth-order valence-corrected chi connectivity index (χ4v) is 7.32. The molecule has 4 aromatic rings. The first-order valence-electron chi connectivity index (χ1n) is 20.1. The Labute approximate surface area is 334 Å². The van der Waals surface area contributed by atoms with Crippen molar-refractivity contribution in [2.24, 2.45) is 0 Å². The molecule has 2 aliphatic heterocycles. The van der Waals surface area contributed by atoms with E-state index in [4.69, 9.17) is 14.6 Å². The minimum Gasteiger partial charge on any atom is -0.394 e. The summed E-state index contributed by atoms with van der Waals surface area (Å²) in [5.74, 6) is 0. The molecule has 7 N–H and O–H groups in total. The summed E-state index contributed by atoms with van der Waals surface area (Å²) < 4.78 is 10.7. The van der Waals surface area contributed by atoms with Crippen LogP contribution in [0.15, 0.2) is 97.1 Å². The number of fused-ring (bicyclic) bond motifs is 6. The smallest absolute Gasteiger partial charge is 0.111 e. The summed E-state index contributed by atoms with van der Waals surface area (Å²) >= 11 is 0. The van der Waals surface area contributed by atoms with Crippen LogP contribution in [0.5, 0.6) is 0 Å². The van der Waals surface area contributed by atoms with Gasteiger partial charge in [-0.05, 0) is 91.5 Å². The Kier molecular flexibility index (Phi) is 17.9. The summed E-state index contributed by atoms with van der Waals surface area (Å²) in [6.45, 7) is 16.1. The molecule has 2 aliphatic carbocycles. The first-order chi connectivity index (χ1) is 26.7. The zero-order valence-electron chi connectivity index (χ0n) is 34.6. The molecule has 308 valence electrons. The molecular weight excluding hydrogens is 709 g/mol. The second kappa shape index (κ2) is 21.3. The van der Waals surface area contributed by atoms with Crippen molar-refractivity contribution in [3.63, 3.8) is 0 Å². The SMILES string of the molecule is CC.CC.CC1(C)O[C@H](CO)[C@@H](O)[C@H](O)[C@H]1O.CC[C@H]1OC(C)(C)[C@H](O)[C@@H](O)[C@@H]1O.c1ccc2c(c1)Cc1ccccc1-2.c1ccc2c(c1)Cc1ccccc1-2. The van der Waals surface area contributed by atoms with Gasteiger partial charge >= 0.3 is 0 Å². The third-order valence-corrected chi connectivity index (χ3v) is 10.4. The number of aliphatic hydroxyl groups excluding tert-OH is 7. The van der Waals surface area contributed by atoms with Crippen molar-refractivity contribution in [2.45, 2.75) is 142 Å². The van der Waals surface area contributed by atoms with Crippen LogP contribution in [0.4, 0.5) is 0 Å². The summed E-state index contributed by atoms with van der Waals surface area (Å²) in [6, 6.07) is 34.6. The fourth-order valence-electron chi connectivity index (χ4n) is 7.32. The molecule has 8 rings (SSSR count). The quantitative estimate of drug-likeness (QED) is 0.105. The van der Waals surface area contributed by atoms with Gasteiger partial charge in [0.25, 0.3) is 0 Å². The van der Waals surface area contributed by atoms with E-state index in [0.717, 1.165) is 12.8 Å². The number of ether oxygens (including phenoxy) is 2. The van der Waals surface area contributed by atoms with Crippen LogP contribution in [-0.2, 0) is 22.3 Å². The van der Waals surface area contributed by atoms with E-state index in [0.29, 0.717) is 6.42 Å². The first-order valence-corrected chi connectivity index (χ1v) is 20.1. The molecule has 0 saturated carbocycles. The molecular formula is C47H66O9. The third kappa shape index (κ3) is 10.9. The average molecular weight is 775 g/mol. The van der Waals surface area contributed by atoms with E-state index in [-0.39, 0.29) is 6.61 Å². The maximum absolute atomic E-state index is 9.55. The Morgan fingerprint density at radius 1 is 0.464 bits per heavy atom. The van der Waals surface area contributed by atoms with Crippen LogP contribution in [0.1, 0.15) is 91.0 Å². The van der Waals surface area contributed by atoms with E-state index in [1.54, 1.807) is 27.7 Å². The summed E-state index contributed by atoms with van der Waals surface area (Å²) in [4.78, 5) is 0. The third-order valence-electron chi connectivity index (χ3n) is 10.4. The predicted molar refractivity (Wildman–Crippen MR) is 223 cm³/mol. The van der Waals surface area contributed by atoms with Crippen molar-refractivity contribution in [1.82, 2.24) is 0 Å². The highest BCUT2D eigenvalue weighted by Gasteiger charge is 2.48. The van der Waals surface area contributed by atoms with Gasteiger partial charge in [-0.15, -0.1) is 0 Å². The molecule has 2 fully saturated rings. The van der Waals surface area contributed by atoms with Gasteiger partial charge in [0.1, 0.15) is 42.7 Å². The molecule has 0 aromatic heterocycles. The number of benzene rings is 4. The molecule has 0 radical (unpaired) electrons. The van der Waals surface area contributed by atoms with Gasteiger partial charge in [-0.3, -0.25) is 0 Å². The lowest BCUT2D eigenvalue weighted by Gasteiger charge is -2.45. The normalized spacial score (nSPS) is 26.7. The van der Waals surface area contributed by atoms with Crippen molar-refractivity contribution < 1.29 is 45.2 Å². The second-order valence-corrected chi connectivity index (χ2v) is 14.9. The van der Waals surface area contributed by atoms with E-state index in [1.165, 1.54) is 44.5 Å². The Morgan fingerprint density at radius 2 is 0.732 bits per heavy atom. The lowest BCUT2D eigenvalue weighted by molar-refractivity contribution is -0.262. The standard InChI is InChI=1S/2C13H10.C9H18O4.C8H16O5.2C2H6/c2*1-3-7-12-10(5-1)9-11-6-2-4-8-13(11)12;1-4-5-6(10)7(11)8(12)9(2,3)13-5;1-8(2)7(12)6(11)5(10)4(3-9)13-8;2*1-2/h2*1-8H,9H2;5-8,10-12H,4H2,1-3H3;4-7,9-12H,3H2,1-2H3;2*1-2H3/t;;5-,6-,7+,8-;4-,5-,6+,7-;;/m..11../s1. The highest BCUT2D eigenvalue weighted by molar-refractivity contribution is 5.77. The van der Waals surface area contributed by atoms with Crippen LogP contribution in [0.2, 0.25) is 0 Å². The Morgan fingerprint density at radius 3 is 1.02 bits per heavy atom. The van der Waals surface area contributed by atoms with Crippen LogP contribution in [0.3, 0.4) is 0 Å². The van der Waals surface area contributed by atoms with Gasteiger partial charge in [-0.25, -0.2) is 0 Å². The summed E-state index contributed by atoms with van der Waals surface area (Å²) in [7, 11) is 0. The zero-order chi connectivity index (χ0) is 41.8. The van der Waals surface area contributed by atoms with Gasteiger partial charge in [0.05, 0.1) is 23.9 Å². The molecule has 9 nitrogen and oxygen atoms in total. The highest BCUT2D eigenvalue weighted by Crippen LogP contribution is 2.37. The number of hydrogen-bond donors (Lipinski definition) is 7. The number of rotatable bonds is 2. The Balaban J connectivity index is 0.000000194. The van der Waals surface area contributed by atoms with E-state index >= 15 is 0 Å². The molecule has 2 heterocycles. The lowest BCUT2D eigenvalue weighted by Crippen LogP contribution is -2.62. The van der Waals surface area contributed by atoms with Crippen LogP contribution < -0.4 is 0 Å². The maximum Gasteiger partial charge on any atom is 0.111 e. The van der Waals surface area contributed by atoms with Crippen molar-refractivity contribution in [2.75, 3.05) is 6.61 Å². The van der Waals surface area contributed by atoms with Gasteiger partial charge in [0.2, 0.25) is 0 Å². The highest BCUT2D eigenvalue weighted by atomic mass is 16.6. The molecule has 0 unspecified atom stereocenters. The van der Waals surface area contributed by atoms with Gasteiger partial charge in [-0.1, -0.05) is 132 Å². The molecule has 0 bridgehead atoms. The predicted octanol–water partition coefficient (Wildman–Crippen LogP) is 6.46. The van der Waals surface area contributed by atoms with Crippen LogP contribution in [0, 0.1) is 0 Å². The van der Waals surface area contributed by atoms with Crippen LogP contribution in [0.25, 0.3) is 22.3 Å². The fraction of sp³-hybridized carbons (Fsp3) is 0.489. The first kappa shape index (κ1) is 46.9. The monoisotopic (exact) mass is 774 g/mol. The Hall–Kier alpha value is -3.48. The van der Waals surface area contributed by atoms with Gasteiger partial charge in [0, 0.05) is 0 Å². The Bertz CT molecular complexity index is 1550. The topological polar surface area (TPSA) is 160 Å². The molecule has 2 saturated heterocycles. The molecule has 56 heavy (non-hydrogen) atoms. The minimum atomic E-state index is -1.28. The van der Waals surface area contributed by atoms with Crippen molar-refractivity contribution in [1.29, 1.82) is 0 Å². The van der Waals surface area contributed by atoms with E-state index in [1.807, 2.05) is 34.6 Å². The van der Waals surface area contributed by atoms with Crippen LogP contribution >= 0.6 is 0 Å². The number of hydrogen-bond acceptors (Lipinski definition) is 9. The largest absolute Gasteiger partial charge is 0.394 e. The van der Waals surface area contributed by atoms with Crippen molar-refractivity contribution in [3.8, 4) is 22.3 Å². The lowest BCUT2D eigenvalue weighted by atomic mass is 9.87. The van der Waals surface area contributed by atoms with Gasteiger partial charge in [-0.2, -0.15) is 0 Å². The van der Waals surface area contributed by atoms with E-state index in [9.17, 15) is 30.6 Å². The molecule has 0 spiro atoms. The minimum absolute atomic E-state index is 0.381. The average Bonchev–Trinajstić information content (AvgIpc) is 3.80. The van der Waals surface area contributed by atoms with Crippen molar-refractivity contribution >= 4 is 0 Å². The molecule has 4 aromatic carbocycles. The summed E-state index contributed by atoms with van der Waals surface area (Å²) in [5, 5.41) is 65.6. The summed E-state index contributed by atoms with van der Waals surface area (Å²) in [6.07, 6.45) is -5.22. The summed E-state index contributed by atoms with van der Waals surface area (Å²) in [5.41, 5.74) is 9.76. The molecule has 8 atom stereocenters. The van der Waals surface area contributed by atoms with E-state index < -0.39 is 60.0 Å². The van der Waals surface area contributed by atoms with Gasteiger partial charge in [0.15, 0.2) is 0 Å². The second-order valence-electron chi connectivity index (χ2n) is 14.9. The molecule has 9 heteroatoms.